The molecule has 48 heavy (non-hydrogen) atoms. The van der Waals surface area contributed by atoms with Crippen LogP contribution >= 0.6 is 46.6 Å². The van der Waals surface area contributed by atoms with E-state index in [-0.39, 0.29) is 11.6 Å². The van der Waals surface area contributed by atoms with Crippen LogP contribution in [0.1, 0.15) is 26.7 Å². The van der Waals surface area contributed by atoms with Crippen molar-refractivity contribution in [1.29, 1.82) is 0 Å². The highest BCUT2D eigenvalue weighted by atomic mass is 35.5. The van der Waals surface area contributed by atoms with Crippen molar-refractivity contribution in [3.8, 4) is 5.75 Å². The van der Waals surface area contributed by atoms with Crippen LogP contribution in [-0.4, -0.2) is 24.8 Å². The zero-order valence-electron chi connectivity index (χ0n) is 25.4. The number of hydrogen-bond acceptors (Lipinski definition) is 5. The van der Waals surface area contributed by atoms with Crippen molar-refractivity contribution in [3.05, 3.63) is 159 Å². The Morgan fingerprint density at radius 2 is 1.35 bits per heavy atom. The number of benzene rings is 5. The Bertz CT molecular complexity index is 1950. The van der Waals surface area contributed by atoms with Gasteiger partial charge in [0.25, 0.3) is 11.8 Å². The van der Waals surface area contributed by atoms with E-state index in [1.54, 1.807) is 84.9 Å². The second-order valence-corrected chi connectivity index (χ2v) is 12.6. The standard InChI is InChI=1S/C37H28Cl3N3O4S/c1-47-33-19-18-26(21-31(33)40)42-37(46)34(23-10-4-2-5-11-23)48-27-15-8-14-25(20-27)41-36(45)32(22-28-29(38)16-9-17-30(28)39)43-35(44)24-12-6-3-7-13-24/h2-22,34H,1H3,(H,41,45)(H,42,46)(H,43,44)/b32-22+. The number of anilines is 2. The quantitative estimate of drug-likeness (QED) is 0.0935. The first-order chi connectivity index (χ1) is 23.2. The highest BCUT2D eigenvalue weighted by Gasteiger charge is 2.23. The number of nitrogens with one attached hydrogen (secondary N) is 3. The number of carbonyl (C=O) groups is 3. The lowest BCUT2D eigenvalue weighted by molar-refractivity contribution is -0.116. The van der Waals surface area contributed by atoms with Gasteiger partial charge in [-0.25, -0.2) is 0 Å². The monoisotopic (exact) mass is 715 g/mol. The van der Waals surface area contributed by atoms with Gasteiger partial charge in [0.1, 0.15) is 16.7 Å². The predicted molar refractivity (Wildman–Crippen MR) is 195 cm³/mol. The summed E-state index contributed by atoms with van der Waals surface area (Å²) < 4.78 is 5.22. The van der Waals surface area contributed by atoms with Crippen molar-refractivity contribution in [2.24, 2.45) is 0 Å². The van der Waals surface area contributed by atoms with Crippen LogP contribution in [0.25, 0.3) is 6.08 Å². The van der Waals surface area contributed by atoms with Gasteiger partial charge in [0.15, 0.2) is 0 Å². The van der Waals surface area contributed by atoms with Gasteiger partial charge in [0.2, 0.25) is 5.91 Å². The van der Waals surface area contributed by atoms with Crippen LogP contribution in [-0.2, 0) is 9.59 Å². The number of rotatable bonds is 11. The van der Waals surface area contributed by atoms with Crippen LogP contribution in [0.3, 0.4) is 0 Å². The van der Waals surface area contributed by atoms with Crippen molar-refractivity contribution in [1.82, 2.24) is 5.32 Å². The van der Waals surface area contributed by atoms with Crippen LogP contribution in [0, 0.1) is 0 Å². The van der Waals surface area contributed by atoms with Crippen LogP contribution in [0.2, 0.25) is 15.1 Å². The Labute approximate surface area is 297 Å². The van der Waals surface area contributed by atoms with Crippen LogP contribution in [0.15, 0.2) is 132 Å². The van der Waals surface area contributed by atoms with Gasteiger partial charge in [-0.1, -0.05) is 95.5 Å². The van der Waals surface area contributed by atoms with E-state index in [1.807, 2.05) is 36.4 Å². The van der Waals surface area contributed by atoms with Crippen molar-refractivity contribution in [2.75, 3.05) is 17.7 Å². The molecule has 0 aliphatic carbocycles. The fourth-order valence-electron chi connectivity index (χ4n) is 4.57. The van der Waals surface area contributed by atoms with E-state index in [0.29, 0.717) is 48.2 Å². The number of halogens is 3. The van der Waals surface area contributed by atoms with E-state index < -0.39 is 17.1 Å². The molecule has 0 saturated heterocycles. The summed E-state index contributed by atoms with van der Waals surface area (Å²) in [6.07, 6.45) is 1.43. The van der Waals surface area contributed by atoms with Crippen LogP contribution in [0.5, 0.6) is 5.75 Å². The first-order valence-electron chi connectivity index (χ1n) is 14.5. The first-order valence-corrected chi connectivity index (χ1v) is 16.5. The highest BCUT2D eigenvalue weighted by Crippen LogP contribution is 2.38. The molecule has 0 fully saturated rings. The van der Waals surface area contributed by atoms with Crippen molar-refractivity contribution in [3.63, 3.8) is 0 Å². The third-order valence-corrected chi connectivity index (χ3v) is 9.13. The third kappa shape index (κ3) is 8.99. The average molecular weight is 717 g/mol. The molecule has 11 heteroatoms. The molecule has 5 aromatic carbocycles. The summed E-state index contributed by atoms with van der Waals surface area (Å²) in [5.74, 6) is -0.868. The zero-order valence-corrected chi connectivity index (χ0v) is 28.5. The number of methoxy groups -OCH3 is 1. The summed E-state index contributed by atoms with van der Waals surface area (Å²) in [6.45, 7) is 0. The van der Waals surface area contributed by atoms with Crippen molar-refractivity contribution >= 4 is 81.7 Å². The molecule has 0 bridgehead atoms. The number of thioether (sulfide) groups is 1. The minimum absolute atomic E-state index is 0.0726. The fourth-order valence-corrected chi connectivity index (χ4v) is 6.42. The summed E-state index contributed by atoms with van der Waals surface area (Å²) in [7, 11) is 1.52. The third-order valence-electron chi connectivity index (χ3n) is 6.92. The second-order valence-electron chi connectivity index (χ2n) is 10.2. The van der Waals surface area contributed by atoms with Gasteiger partial charge >= 0.3 is 0 Å². The second kappa shape index (κ2) is 16.4. The lowest BCUT2D eigenvalue weighted by atomic mass is 10.1. The Morgan fingerprint density at radius 1 is 0.708 bits per heavy atom. The summed E-state index contributed by atoms with van der Waals surface area (Å²) in [5, 5.41) is 8.81. The maximum absolute atomic E-state index is 13.7. The Hall–Kier alpha value is -4.73. The Balaban J connectivity index is 1.39. The molecule has 5 rings (SSSR count). The van der Waals surface area contributed by atoms with Gasteiger partial charge < -0.3 is 20.7 Å². The van der Waals surface area contributed by atoms with Crippen molar-refractivity contribution in [2.45, 2.75) is 10.1 Å². The lowest BCUT2D eigenvalue weighted by Crippen LogP contribution is -2.30. The zero-order chi connectivity index (χ0) is 34.0. The molecule has 0 aliphatic rings. The van der Waals surface area contributed by atoms with Gasteiger partial charge in [0, 0.05) is 37.4 Å². The largest absolute Gasteiger partial charge is 0.495 e. The molecule has 3 N–H and O–H groups in total. The van der Waals surface area contributed by atoms with E-state index >= 15 is 0 Å². The smallest absolute Gasteiger partial charge is 0.272 e. The van der Waals surface area contributed by atoms with Gasteiger partial charge in [0.05, 0.1) is 12.1 Å². The summed E-state index contributed by atoms with van der Waals surface area (Å²) in [6, 6.07) is 34.9. The lowest BCUT2D eigenvalue weighted by Gasteiger charge is -2.18. The number of hydrogen-bond donors (Lipinski definition) is 3. The minimum Gasteiger partial charge on any atom is -0.495 e. The number of ether oxygens (including phenoxy) is 1. The molecule has 7 nitrogen and oxygen atoms in total. The van der Waals surface area contributed by atoms with E-state index in [9.17, 15) is 14.4 Å². The SMILES string of the molecule is COc1ccc(NC(=O)C(Sc2cccc(NC(=O)/C(=C\c3c(Cl)cccc3Cl)NC(=O)c3ccccc3)c2)c2ccccc2)cc1Cl. The van der Waals surface area contributed by atoms with Gasteiger partial charge in [-0.05, 0) is 72.3 Å². The molecule has 0 aromatic heterocycles. The maximum atomic E-state index is 13.7. The summed E-state index contributed by atoms with van der Waals surface area (Å²) in [4.78, 5) is 41.1. The van der Waals surface area contributed by atoms with E-state index in [1.165, 1.54) is 24.9 Å². The molecule has 0 aliphatic heterocycles. The number of carbonyl (C=O) groups excluding carboxylic acids is 3. The summed E-state index contributed by atoms with van der Waals surface area (Å²) >= 11 is 20.4. The first kappa shape index (κ1) is 34.6. The topological polar surface area (TPSA) is 96.5 Å². The maximum Gasteiger partial charge on any atom is 0.272 e. The molecule has 0 spiro atoms. The normalized spacial score (nSPS) is 11.7. The molecule has 1 atom stereocenters. The van der Waals surface area contributed by atoms with E-state index in [2.05, 4.69) is 16.0 Å². The molecule has 5 aromatic rings. The molecule has 0 heterocycles. The minimum atomic E-state index is -0.652. The molecule has 242 valence electrons. The van der Waals surface area contributed by atoms with Gasteiger partial charge in [-0.15, -0.1) is 11.8 Å². The van der Waals surface area contributed by atoms with Crippen LogP contribution in [0.4, 0.5) is 11.4 Å². The molecule has 1 unspecified atom stereocenters. The van der Waals surface area contributed by atoms with Crippen molar-refractivity contribution < 1.29 is 19.1 Å². The van der Waals surface area contributed by atoms with E-state index in [4.69, 9.17) is 39.5 Å². The molecule has 0 radical (unpaired) electrons. The number of amides is 3. The van der Waals surface area contributed by atoms with Gasteiger partial charge in [-0.3, -0.25) is 14.4 Å². The van der Waals surface area contributed by atoms with Crippen LogP contribution < -0.4 is 20.7 Å². The Kier molecular flexibility index (Phi) is 11.8. The van der Waals surface area contributed by atoms with E-state index in [0.717, 1.165) is 5.56 Å². The molecule has 3 amide bonds. The predicted octanol–water partition coefficient (Wildman–Crippen LogP) is 9.54. The highest BCUT2D eigenvalue weighted by molar-refractivity contribution is 8.00. The van der Waals surface area contributed by atoms with Gasteiger partial charge in [-0.2, -0.15) is 0 Å². The molecular formula is C37H28Cl3N3O4S. The fraction of sp³-hybridized carbons (Fsp3) is 0.0541. The summed E-state index contributed by atoms with van der Waals surface area (Å²) in [5.41, 5.74) is 2.39. The Morgan fingerprint density at radius 3 is 2.02 bits per heavy atom. The average Bonchev–Trinajstić information content (AvgIpc) is 3.09. The molecular weight excluding hydrogens is 689 g/mol. The molecule has 0 saturated carbocycles.